The van der Waals surface area contributed by atoms with Gasteiger partial charge in [-0.25, -0.2) is 8.42 Å². The Hall–Kier alpha value is -3.28. The first-order valence-electron chi connectivity index (χ1n) is 13.3. The molecule has 0 aliphatic heterocycles. The van der Waals surface area contributed by atoms with E-state index in [9.17, 15) is 31.2 Å². The van der Waals surface area contributed by atoms with Crippen molar-refractivity contribution < 1.29 is 31.2 Å². The van der Waals surface area contributed by atoms with Crippen LogP contribution in [0, 0.1) is 0 Å². The van der Waals surface area contributed by atoms with Crippen molar-refractivity contribution in [3.63, 3.8) is 0 Å². The van der Waals surface area contributed by atoms with Crippen LogP contribution in [0.2, 0.25) is 10.0 Å². The van der Waals surface area contributed by atoms with E-state index in [1.54, 1.807) is 54.6 Å². The molecule has 0 unspecified atom stereocenters. The summed E-state index contributed by atoms with van der Waals surface area (Å²) in [6, 6.07) is 16.8. The summed E-state index contributed by atoms with van der Waals surface area (Å²) >= 11 is 11.8. The third-order valence-electron chi connectivity index (χ3n) is 6.76. The fourth-order valence-electron chi connectivity index (χ4n) is 4.28. The summed E-state index contributed by atoms with van der Waals surface area (Å²) in [4.78, 5) is 28.9. The van der Waals surface area contributed by atoms with E-state index in [0.29, 0.717) is 27.4 Å². The zero-order valence-electron chi connectivity index (χ0n) is 23.7. The van der Waals surface area contributed by atoms with Crippen molar-refractivity contribution in [2.24, 2.45) is 0 Å². The lowest BCUT2D eigenvalue weighted by molar-refractivity contribution is -0.140. The van der Waals surface area contributed by atoms with Gasteiger partial charge in [-0.2, -0.15) is 13.2 Å². The highest BCUT2D eigenvalue weighted by atomic mass is 35.5. The molecule has 0 aliphatic rings. The Bertz CT molecular complexity index is 1520. The molecule has 43 heavy (non-hydrogen) atoms. The monoisotopic (exact) mass is 657 g/mol. The molecule has 0 fully saturated rings. The number of alkyl halides is 3. The van der Waals surface area contributed by atoms with Crippen molar-refractivity contribution in [3.8, 4) is 0 Å². The Morgan fingerprint density at radius 3 is 2.14 bits per heavy atom. The number of hydrogen-bond donors (Lipinski definition) is 1. The van der Waals surface area contributed by atoms with Gasteiger partial charge in [0.25, 0.3) is 0 Å². The van der Waals surface area contributed by atoms with Crippen molar-refractivity contribution in [1.29, 1.82) is 0 Å². The van der Waals surface area contributed by atoms with Gasteiger partial charge in [-0.1, -0.05) is 72.6 Å². The highest BCUT2D eigenvalue weighted by molar-refractivity contribution is 7.92. The number of sulfonamides is 1. The Kier molecular flexibility index (Phi) is 11.5. The molecule has 2 atom stereocenters. The molecule has 3 aromatic carbocycles. The van der Waals surface area contributed by atoms with Gasteiger partial charge in [0.05, 0.1) is 22.5 Å². The largest absolute Gasteiger partial charge is 0.417 e. The van der Waals surface area contributed by atoms with E-state index in [1.165, 1.54) is 4.90 Å². The van der Waals surface area contributed by atoms with Crippen LogP contribution in [0.15, 0.2) is 72.8 Å². The van der Waals surface area contributed by atoms with E-state index in [4.69, 9.17) is 23.2 Å². The predicted octanol–water partition coefficient (Wildman–Crippen LogP) is 6.33. The molecule has 0 spiro atoms. The highest BCUT2D eigenvalue weighted by Crippen LogP contribution is 2.37. The minimum absolute atomic E-state index is 0.0977. The normalized spacial score (nSPS) is 13.2. The molecule has 7 nitrogen and oxygen atoms in total. The molecule has 2 amide bonds. The molecule has 0 bridgehead atoms. The van der Waals surface area contributed by atoms with Crippen LogP contribution in [0.5, 0.6) is 0 Å². The minimum atomic E-state index is -4.87. The number of anilines is 1. The summed E-state index contributed by atoms with van der Waals surface area (Å²) in [6.45, 7) is 2.73. The lowest BCUT2D eigenvalue weighted by Gasteiger charge is -2.34. The van der Waals surface area contributed by atoms with E-state index >= 15 is 0 Å². The Morgan fingerprint density at radius 1 is 0.953 bits per heavy atom. The number of halogens is 5. The number of nitrogens with one attached hydrogen (secondary N) is 1. The van der Waals surface area contributed by atoms with Gasteiger partial charge in [-0.15, -0.1) is 0 Å². The van der Waals surface area contributed by atoms with Gasteiger partial charge in [0.1, 0.15) is 12.6 Å². The van der Waals surface area contributed by atoms with Gasteiger partial charge < -0.3 is 10.2 Å². The second-order valence-corrected chi connectivity index (χ2v) is 12.9. The van der Waals surface area contributed by atoms with Crippen LogP contribution >= 0.6 is 23.2 Å². The van der Waals surface area contributed by atoms with Gasteiger partial charge in [-0.3, -0.25) is 13.9 Å². The number of hydrogen-bond acceptors (Lipinski definition) is 4. The van der Waals surface area contributed by atoms with Gasteiger partial charge >= 0.3 is 6.18 Å². The van der Waals surface area contributed by atoms with E-state index in [-0.39, 0.29) is 19.0 Å². The SMILES string of the molecule is CC[C@@H](C)NC(=O)[C@@H](Cc1ccccc1)N(Cc1ccc(Cl)cc1)C(=O)CN(c1ccc(Cl)c(C(F)(F)F)c1)S(C)(=O)=O. The molecular weight excluding hydrogens is 626 g/mol. The van der Waals surface area contributed by atoms with Crippen molar-refractivity contribution in [2.75, 3.05) is 17.1 Å². The molecule has 1 N–H and O–H groups in total. The molecule has 0 radical (unpaired) electrons. The lowest BCUT2D eigenvalue weighted by Crippen LogP contribution is -2.54. The molecule has 13 heteroatoms. The summed E-state index contributed by atoms with van der Waals surface area (Å²) in [7, 11) is -4.27. The molecule has 0 aliphatic carbocycles. The highest BCUT2D eigenvalue weighted by Gasteiger charge is 2.36. The van der Waals surface area contributed by atoms with E-state index in [1.807, 2.05) is 13.8 Å². The van der Waals surface area contributed by atoms with Gasteiger partial charge in [0.2, 0.25) is 21.8 Å². The van der Waals surface area contributed by atoms with Crippen LogP contribution in [0.1, 0.15) is 37.0 Å². The summed E-state index contributed by atoms with van der Waals surface area (Å²) < 4.78 is 67.1. The summed E-state index contributed by atoms with van der Waals surface area (Å²) in [5, 5.41) is 2.73. The summed E-state index contributed by atoms with van der Waals surface area (Å²) in [5.41, 5.74) is -0.305. The van der Waals surface area contributed by atoms with Crippen molar-refractivity contribution in [2.45, 2.75) is 51.5 Å². The van der Waals surface area contributed by atoms with Crippen molar-refractivity contribution in [3.05, 3.63) is 99.5 Å². The predicted molar refractivity (Wildman–Crippen MR) is 162 cm³/mol. The second kappa shape index (κ2) is 14.5. The number of amides is 2. The molecule has 3 aromatic rings. The maximum absolute atomic E-state index is 14.1. The van der Waals surface area contributed by atoms with E-state index in [2.05, 4.69) is 5.32 Å². The first-order valence-corrected chi connectivity index (χ1v) is 15.9. The first-order chi connectivity index (χ1) is 20.1. The van der Waals surface area contributed by atoms with Crippen LogP contribution < -0.4 is 9.62 Å². The molecule has 0 aromatic heterocycles. The van der Waals surface area contributed by atoms with Gasteiger partial charge in [0, 0.05) is 24.0 Å². The Balaban J connectivity index is 2.10. The third kappa shape index (κ3) is 9.61. The molecule has 0 heterocycles. The Labute approximate surface area is 259 Å². The van der Waals surface area contributed by atoms with E-state index < -0.39 is 56.9 Å². The third-order valence-corrected chi connectivity index (χ3v) is 8.48. The number of nitrogens with zero attached hydrogens (tertiary/aromatic N) is 2. The zero-order valence-corrected chi connectivity index (χ0v) is 26.1. The van der Waals surface area contributed by atoms with Crippen LogP contribution in [0.3, 0.4) is 0 Å². The summed E-state index contributed by atoms with van der Waals surface area (Å²) in [5.74, 6) is -1.26. The maximum atomic E-state index is 14.1. The zero-order chi connectivity index (χ0) is 31.9. The first kappa shape index (κ1) is 34.2. The quantitative estimate of drug-likeness (QED) is 0.247. The van der Waals surface area contributed by atoms with E-state index in [0.717, 1.165) is 24.0 Å². The van der Waals surface area contributed by atoms with Crippen LogP contribution in [0.25, 0.3) is 0 Å². The number of benzene rings is 3. The molecule has 3 rings (SSSR count). The molecule has 0 saturated carbocycles. The average Bonchev–Trinajstić information content (AvgIpc) is 2.94. The van der Waals surface area contributed by atoms with Gasteiger partial charge in [0.15, 0.2) is 0 Å². The van der Waals surface area contributed by atoms with Crippen LogP contribution in [0.4, 0.5) is 18.9 Å². The topological polar surface area (TPSA) is 86.8 Å². The Morgan fingerprint density at radius 2 is 1.58 bits per heavy atom. The van der Waals surface area contributed by atoms with Crippen molar-refractivity contribution >= 4 is 50.7 Å². The number of carbonyl (C=O) groups excluding carboxylic acids is 2. The van der Waals surface area contributed by atoms with Crippen LogP contribution in [-0.2, 0) is 38.8 Å². The molecular formula is C30H32Cl2F3N3O4S. The number of carbonyl (C=O) groups is 2. The maximum Gasteiger partial charge on any atom is 0.417 e. The standard InChI is InChI=1S/C30H32Cl2F3N3O4S/c1-4-20(2)36-29(40)27(16-21-8-6-5-7-9-21)37(18-22-10-12-23(31)13-11-22)28(39)19-38(43(3,41)42)24-14-15-26(32)25(17-24)30(33,34)35/h5-15,17,20,27H,4,16,18-19H2,1-3H3,(H,36,40)/t20-,27-/m1/s1. The minimum Gasteiger partial charge on any atom is -0.352 e. The van der Waals surface area contributed by atoms with Crippen molar-refractivity contribution in [1.82, 2.24) is 10.2 Å². The average molecular weight is 659 g/mol. The summed E-state index contributed by atoms with van der Waals surface area (Å²) in [6.07, 6.45) is -3.37. The fraction of sp³-hybridized carbons (Fsp3) is 0.333. The fourth-order valence-corrected chi connectivity index (χ4v) is 5.47. The smallest absolute Gasteiger partial charge is 0.352 e. The molecule has 0 saturated heterocycles. The second-order valence-electron chi connectivity index (χ2n) is 10.1. The van der Waals surface area contributed by atoms with Gasteiger partial charge in [-0.05, 0) is 54.8 Å². The molecule has 232 valence electrons. The number of rotatable bonds is 12. The van der Waals surface area contributed by atoms with Crippen LogP contribution in [-0.4, -0.2) is 50.0 Å². The lowest BCUT2D eigenvalue weighted by atomic mass is 10.0.